The Morgan fingerprint density at radius 1 is 1.19 bits per heavy atom. The van der Waals surface area contributed by atoms with Crippen molar-refractivity contribution in [1.82, 2.24) is 0 Å². The van der Waals surface area contributed by atoms with E-state index in [0.717, 1.165) is 32.1 Å². The number of methoxy groups -OCH3 is 1. The molecule has 0 saturated heterocycles. The molecule has 0 amide bonds. The Balaban J connectivity index is 1.51. The SMILES string of the molecule is COc1ccc(C(C)=O)cc1COC(=O)C12CC3CC(CC(O)(C3)C1)C2. The highest BCUT2D eigenvalue weighted by Gasteiger charge is 2.60. The molecule has 0 radical (unpaired) electrons. The van der Waals surface area contributed by atoms with E-state index in [0.29, 0.717) is 35.1 Å². The summed E-state index contributed by atoms with van der Waals surface area (Å²) >= 11 is 0. The average Bonchev–Trinajstić information content (AvgIpc) is 2.57. The van der Waals surface area contributed by atoms with Gasteiger partial charge in [0.2, 0.25) is 0 Å². The van der Waals surface area contributed by atoms with Gasteiger partial charge in [-0.1, -0.05) is 0 Å². The highest BCUT2D eigenvalue weighted by Crippen LogP contribution is 2.62. The summed E-state index contributed by atoms with van der Waals surface area (Å²) in [7, 11) is 1.56. The number of ketones is 1. The van der Waals surface area contributed by atoms with E-state index in [4.69, 9.17) is 9.47 Å². The summed E-state index contributed by atoms with van der Waals surface area (Å²) in [6, 6.07) is 5.16. The molecule has 140 valence electrons. The Kier molecular flexibility index (Phi) is 4.10. The summed E-state index contributed by atoms with van der Waals surface area (Å²) in [5.74, 6) is 1.23. The first kappa shape index (κ1) is 17.5. The van der Waals surface area contributed by atoms with Crippen LogP contribution in [0.4, 0.5) is 0 Å². The Hall–Kier alpha value is -1.88. The van der Waals surface area contributed by atoms with Gasteiger partial charge in [-0.15, -0.1) is 0 Å². The molecular formula is C21H26O5. The van der Waals surface area contributed by atoms with Gasteiger partial charge in [0, 0.05) is 11.1 Å². The molecule has 4 aliphatic carbocycles. The molecule has 1 aromatic carbocycles. The lowest BCUT2D eigenvalue weighted by Crippen LogP contribution is -2.58. The highest BCUT2D eigenvalue weighted by atomic mass is 16.5. The topological polar surface area (TPSA) is 72.8 Å². The molecule has 4 aliphatic rings. The summed E-state index contributed by atoms with van der Waals surface area (Å²) in [6.07, 6.45) is 4.97. The summed E-state index contributed by atoms with van der Waals surface area (Å²) < 4.78 is 11.0. The maximum absolute atomic E-state index is 13.0. The first-order chi connectivity index (χ1) is 12.3. The number of rotatable bonds is 5. The lowest BCUT2D eigenvalue weighted by atomic mass is 9.48. The van der Waals surface area contributed by atoms with E-state index in [-0.39, 0.29) is 18.4 Å². The monoisotopic (exact) mass is 358 g/mol. The Morgan fingerprint density at radius 3 is 2.46 bits per heavy atom. The highest BCUT2D eigenvalue weighted by molar-refractivity contribution is 5.94. The molecule has 2 unspecified atom stereocenters. The van der Waals surface area contributed by atoms with E-state index < -0.39 is 11.0 Å². The molecule has 4 fully saturated rings. The first-order valence-electron chi connectivity index (χ1n) is 9.40. The fourth-order valence-corrected chi connectivity index (χ4v) is 5.86. The van der Waals surface area contributed by atoms with Gasteiger partial charge in [-0.3, -0.25) is 9.59 Å². The predicted octanol–water partition coefficient (Wildman–Crippen LogP) is 3.27. The minimum atomic E-state index is -0.685. The van der Waals surface area contributed by atoms with Crippen molar-refractivity contribution >= 4 is 11.8 Å². The van der Waals surface area contributed by atoms with Gasteiger partial charge in [-0.2, -0.15) is 0 Å². The Labute approximate surface area is 153 Å². The van der Waals surface area contributed by atoms with E-state index in [2.05, 4.69) is 0 Å². The molecule has 1 N–H and O–H groups in total. The van der Waals surface area contributed by atoms with Crippen molar-refractivity contribution in [2.45, 2.75) is 57.7 Å². The van der Waals surface area contributed by atoms with Gasteiger partial charge >= 0.3 is 5.97 Å². The van der Waals surface area contributed by atoms with E-state index in [1.54, 1.807) is 25.3 Å². The molecule has 0 aromatic heterocycles. The number of carbonyl (C=O) groups is 2. The third-order valence-electron chi connectivity index (χ3n) is 6.51. The number of aliphatic hydroxyl groups is 1. The van der Waals surface area contributed by atoms with Crippen LogP contribution in [0.25, 0.3) is 0 Å². The zero-order chi connectivity index (χ0) is 18.5. The third kappa shape index (κ3) is 2.92. The van der Waals surface area contributed by atoms with E-state index >= 15 is 0 Å². The molecule has 0 heterocycles. The zero-order valence-electron chi connectivity index (χ0n) is 15.4. The quantitative estimate of drug-likeness (QED) is 0.646. The van der Waals surface area contributed by atoms with Crippen LogP contribution in [-0.4, -0.2) is 29.6 Å². The van der Waals surface area contributed by atoms with Crippen LogP contribution < -0.4 is 4.74 Å². The molecule has 26 heavy (non-hydrogen) atoms. The van der Waals surface area contributed by atoms with Gasteiger partial charge in [0.1, 0.15) is 12.4 Å². The fourth-order valence-electron chi connectivity index (χ4n) is 5.86. The van der Waals surface area contributed by atoms with Crippen LogP contribution >= 0.6 is 0 Å². The van der Waals surface area contributed by atoms with Gasteiger partial charge in [0.15, 0.2) is 5.78 Å². The maximum atomic E-state index is 13.0. The Morgan fingerprint density at radius 2 is 1.88 bits per heavy atom. The minimum Gasteiger partial charge on any atom is -0.496 e. The second kappa shape index (κ2) is 6.08. The Bertz CT molecular complexity index is 739. The van der Waals surface area contributed by atoms with Gasteiger partial charge < -0.3 is 14.6 Å². The molecule has 5 nitrogen and oxygen atoms in total. The van der Waals surface area contributed by atoms with Crippen molar-refractivity contribution in [2.24, 2.45) is 17.3 Å². The van der Waals surface area contributed by atoms with Crippen molar-refractivity contribution < 1.29 is 24.2 Å². The molecule has 0 spiro atoms. The summed E-state index contributed by atoms with van der Waals surface area (Å²) in [4.78, 5) is 24.6. The smallest absolute Gasteiger partial charge is 0.312 e. The van der Waals surface area contributed by atoms with Crippen LogP contribution in [-0.2, 0) is 16.1 Å². The molecule has 5 rings (SSSR count). The average molecular weight is 358 g/mol. The van der Waals surface area contributed by atoms with Crippen LogP contribution in [0.15, 0.2) is 18.2 Å². The number of Topliss-reactive ketones (excluding diaryl/α,β-unsaturated/α-hetero) is 1. The van der Waals surface area contributed by atoms with E-state index in [1.165, 1.54) is 6.92 Å². The lowest BCUT2D eigenvalue weighted by molar-refractivity contribution is -0.197. The zero-order valence-corrected chi connectivity index (χ0v) is 15.4. The molecule has 0 aliphatic heterocycles. The minimum absolute atomic E-state index is 0.0384. The van der Waals surface area contributed by atoms with Crippen LogP contribution in [0, 0.1) is 17.3 Å². The van der Waals surface area contributed by atoms with Gasteiger partial charge in [0.25, 0.3) is 0 Å². The van der Waals surface area contributed by atoms with E-state index in [1.807, 2.05) is 0 Å². The predicted molar refractivity (Wildman–Crippen MR) is 94.9 cm³/mol. The number of benzene rings is 1. The maximum Gasteiger partial charge on any atom is 0.312 e. The van der Waals surface area contributed by atoms with Crippen LogP contribution in [0.3, 0.4) is 0 Å². The fraction of sp³-hybridized carbons (Fsp3) is 0.619. The molecule has 5 heteroatoms. The molecule has 1 aromatic rings. The normalized spacial score (nSPS) is 34.6. The first-order valence-corrected chi connectivity index (χ1v) is 9.40. The van der Waals surface area contributed by atoms with Crippen LogP contribution in [0.2, 0.25) is 0 Å². The van der Waals surface area contributed by atoms with Crippen molar-refractivity contribution in [3.05, 3.63) is 29.3 Å². The number of ether oxygens (including phenoxy) is 2. The number of hydrogen-bond donors (Lipinski definition) is 1. The number of hydrogen-bond acceptors (Lipinski definition) is 5. The summed E-state index contributed by atoms with van der Waals surface area (Å²) in [6.45, 7) is 1.59. The summed E-state index contributed by atoms with van der Waals surface area (Å²) in [5.41, 5.74) is 0.0394. The van der Waals surface area contributed by atoms with Gasteiger partial charge in [-0.25, -0.2) is 0 Å². The molecule has 4 bridgehead atoms. The van der Waals surface area contributed by atoms with Crippen molar-refractivity contribution in [1.29, 1.82) is 0 Å². The standard InChI is InChI=1S/C21H26O5/c1-13(22)16-3-4-18(25-2)17(6-16)11-26-19(23)20-7-14-5-15(8-20)10-21(24,9-14)12-20/h3-4,6,14-15,24H,5,7-12H2,1-2H3. The van der Waals surface area contributed by atoms with E-state index in [9.17, 15) is 14.7 Å². The van der Waals surface area contributed by atoms with Crippen LogP contribution in [0.5, 0.6) is 5.75 Å². The van der Waals surface area contributed by atoms with Crippen molar-refractivity contribution in [3.8, 4) is 5.75 Å². The number of esters is 1. The largest absolute Gasteiger partial charge is 0.496 e. The second-order valence-corrected chi connectivity index (χ2v) is 8.62. The molecular weight excluding hydrogens is 332 g/mol. The second-order valence-electron chi connectivity index (χ2n) is 8.62. The van der Waals surface area contributed by atoms with Gasteiger partial charge in [-0.05, 0) is 75.5 Å². The summed E-state index contributed by atoms with van der Waals surface area (Å²) in [5, 5.41) is 10.8. The van der Waals surface area contributed by atoms with Crippen molar-refractivity contribution in [3.63, 3.8) is 0 Å². The lowest BCUT2D eigenvalue weighted by Gasteiger charge is -2.58. The van der Waals surface area contributed by atoms with Crippen molar-refractivity contribution in [2.75, 3.05) is 7.11 Å². The number of carbonyl (C=O) groups excluding carboxylic acids is 2. The van der Waals surface area contributed by atoms with Gasteiger partial charge in [0.05, 0.1) is 18.1 Å². The molecule has 2 atom stereocenters. The molecule has 4 saturated carbocycles. The van der Waals surface area contributed by atoms with Crippen LogP contribution in [0.1, 0.15) is 61.4 Å². The third-order valence-corrected chi connectivity index (χ3v) is 6.51.